The van der Waals surface area contributed by atoms with Gasteiger partial charge in [-0.3, -0.25) is 9.59 Å². The Hall–Kier alpha value is -2.59. The molecular formula is C17H12ClF3N2O4S. The quantitative estimate of drug-likeness (QED) is 0.806. The van der Waals surface area contributed by atoms with Crippen LogP contribution in [0.25, 0.3) is 0 Å². The van der Waals surface area contributed by atoms with Crippen molar-refractivity contribution in [3.8, 4) is 0 Å². The molecule has 0 aromatic heterocycles. The first-order valence-electron chi connectivity index (χ1n) is 7.78. The number of rotatable bonds is 3. The van der Waals surface area contributed by atoms with E-state index in [1.165, 1.54) is 18.2 Å². The number of carbonyl (C=O) groups is 2. The maximum atomic E-state index is 13.1. The number of carbonyl (C=O) groups excluding carboxylic acids is 2. The summed E-state index contributed by atoms with van der Waals surface area (Å²) in [6.45, 7) is -0.949. The van der Waals surface area contributed by atoms with Gasteiger partial charge in [0.25, 0.3) is 5.91 Å². The number of benzene rings is 2. The zero-order valence-electron chi connectivity index (χ0n) is 14.0. The van der Waals surface area contributed by atoms with Gasteiger partial charge in [0.2, 0.25) is 15.9 Å². The third-order valence-electron chi connectivity index (χ3n) is 4.00. The van der Waals surface area contributed by atoms with Crippen molar-refractivity contribution in [1.82, 2.24) is 4.31 Å². The van der Waals surface area contributed by atoms with Crippen LogP contribution in [0.3, 0.4) is 0 Å². The Kier molecular flexibility index (Phi) is 5.11. The summed E-state index contributed by atoms with van der Waals surface area (Å²) in [6.07, 6.45) is -4.79. The molecular weight excluding hydrogens is 421 g/mol. The van der Waals surface area contributed by atoms with E-state index in [4.69, 9.17) is 11.6 Å². The number of fused-ring (bicyclic) bond motifs is 1. The number of hydrogen-bond donors (Lipinski definition) is 1. The lowest BCUT2D eigenvalue weighted by Gasteiger charge is -2.27. The first-order valence-corrected chi connectivity index (χ1v) is 9.77. The third-order valence-corrected chi connectivity index (χ3v) is 5.87. The van der Waals surface area contributed by atoms with Crippen LogP contribution >= 0.6 is 11.6 Å². The maximum Gasteiger partial charge on any atom is 0.418 e. The number of nitrogens with one attached hydrogen (secondary N) is 1. The molecule has 28 heavy (non-hydrogen) atoms. The highest BCUT2D eigenvalue weighted by molar-refractivity contribution is 7.89. The van der Waals surface area contributed by atoms with Crippen LogP contribution < -0.4 is 5.32 Å². The molecule has 11 heteroatoms. The molecule has 1 N–H and O–H groups in total. The van der Waals surface area contributed by atoms with Gasteiger partial charge >= 0.3 is 6.18 Å². The van der Waals surface area contributed by atoms with Gasteiger partial charge in [-0.15, -0.1) is 0 Å². The van der Waals surface area contributed by atoms with Crippen LogP contribution in [-0.2, 0) is 26.7 Å². The van der Waals surface area contributed by atoms with Gasteiger partial charge in [-0.05, 0) is 29.8 Å². The minimum atomic E-state index is -4.79. The van der Waals surface area contributed by atoms with E-state index in [1.807, 2.05) is 5.32 Å². The van der Waals surface area contributed by atoms with Gasteiger partial charge in [0.15, 0.2) is 0 Å². The van der Waals surface area contributed by atoms with E-state index in [2.05, 4.69) is 0 Å². The maximum absolute atomic E-state index is 13.1. The van der Waals surface area contributed by atoms with Crippen molar-refractivity contribution in [2.45, 2.75) is 11.9 Å². The molecule has 148 valence electrons. The molecule has 0 unspecified atom stereocenters. The topological polar surface area (TPSA) is 83.6 Å². The number of anilines is 1. The second-order valence-corrected chi connectivity index (χ2v) is 8.29. The Balaban J connectivity index is 1.86. The summed E-state index contributed by atoms with van der Waals surface area (Å²) in [4.78, 5) is 24.7. The van der Waals surface area contributed by atoms with Gasteiger partial charge in [-0.25, -0.2) is 12.7 Å². The SMILES string of the molecule is O=C(CN1C(=O)c2ccccc2CS1(=O)=O)Nc1ccc(Cl)cc1C(F)(F)F. The van der Waals surface area contributed by atoms with Gasteiger partial charge in [-0.1, -0.05) is 29.8 Å². The number of amides is 2. The van der Waals surface area contributed by atoms with Crippen LogP contribution in [0.4, 0.5) is 18.9 Å². The molecule has 0 fully saturated rings. The Morgan fingerprint density at radius 3 is 2.54 bits per heavy atom. The van der Waals surface area contributed by atoms with Crippen molar-refractivity contribution in [2.75, 3.05) is 11.9 Å². The van der Waals surface area contributed by atoms with Crippen molar-refractivity contribution < 1.29 is 31.2 Å². The van der Waals surface area contributed by atoms with Crippen molar-refractivity contribution >= 4 is 39.1 Å². The molecule has 2 aromatic rings. The zero-order valence-corrected chi connectivity index (χ0v) is 15.5. The lowest BCUT2D eigenvalue weighted by Crippen LogP contribution is -2.45. The molecule has 1 aliphatic rings. The van der Waals surface area contributed by atoms with Crippen LogP contribution in [0.5, 0.6) is 0 Å². The van der Waals surface area contributed by atoms with E-state index in [1.54, 1.807) is 6.07 Å². The minimum Gasteiger partial charge on any atom is -0.324 e. The molecule has 2 amide bonds. The summed E-state index contributed by atoms with van der Waals surface area (Å²) >= 11 is 5.57. The summed E-state index contributed by atoms with van der Waals surface area (Å²) in [5.41, 5.74) is -1.37. The summed E-state index contributed by atoms with van der Waals surface area (Å²) < 4.78 is 64.4. The third kappa shape index (κ3) is 3.97. The summed E-state index contributed by atoms with van der Waals surface area (Å²) in [5, 5.41) is 1.81. The molecule has 0 spiro atoms. The van der Waals surface area contributed by atoms with Crippen LogP contribution in [0, 0.1) is 0 Å². The molecule has 6 nitrogen and oxygen atoms in total. The van der Waals surface area contributed by atoms with Crippen LogP contribution in [-0.4, -0.2) is 31.1 Å². The van der Waals surface area contributed by atoms with E-state index < -0.39 is 51.6 Å². The number of nitrogens with zero attached hydrogens (tertiary/aromatic N) is 1. The molecule has 2 aromatic carbocycles. The lowest BCUT2D eigenvalue weighted by molar-refractivity contribution is -0.137. The molecule has 1 heterocycles. The van der Waals surface area contributed by atoms with Gasteiger partial charge in [0.1, 0.15) is 6.54 Å². The first kappa shape index (κ1) is 20.2. The normalized spacial score (nSPS) is 15.9. The predicted molar refractivity (Wildman–Crippen MR) is 95.2 cm³/mol. The van der Waals surface area contributed by atoms with Crippen molar-refractivity contribution in [1.29, 1.82) is 0 Å². The van der Waals surface area contributed by atoms with E-state index in [-0.39, 0.29) is 10.6 Å². The molecule has 3 rings (SSSR count). The van der Waals surface area contributed by atoms with E-state index in [9.17, 15) is 31.2 Å². The number of alkyl halides is 3. The number of sulfonamides is 1. The fourth-order valence-electron chi connectivity index (χ4n) is 2.74. The lowest BCUT2D eigenvalue weighted by atomic mass is 10.1. The Morgan fingerprint density at radius 2 is 1.86 bits per heavy atom. The highest BCUT2D eigenvalue weighted by Gasteiger charge is 2.38. The second-order valence-electron chi connectivity index (χ2n) is 5.96. The Morgan fingerprint density at radius 1 is 1.18 bits per heavy atom. The van der Waals surface area contributed by atoms with Crippen LogP contribution in [0.1, 0.15) is 21.5 Å². The molecule has 0 saturated heterocycles. The van der Waals surface area contributed by atoms with Gasteiger partial charge in [0.05, 0.1) is 17.0 Å². The Labute approximate surface area is 163 Å². The second kappa shape index (κ2) is 7.10. The Bertz CT molecular complexity index is 1070. The monoisotopic (exact) mass is 432 g/mol. The van der Waals surface area contributed by atoms with Crippen molar-refractivity contribution in [3.05, 3.63) is 64.2 Å². The highest BCUT2D eigenvalue weighted by atomic mass is 35.5. The van der Waals surface area contributed by atoms with E-state index in [0.717, 1.165) is 12.1 Å². The predicted octanol–water partition coefficient (Wildman–Crippen LogP) is 3.28. The minimum absolute atomic E-state index is 0.118. The number of hydrogen-bond acceptors (Lipinski definition) is 4. The average Bonchev–Trinajstić information content (AvgIpc) is 2.59. The van der Waals surface area contributed by atoms with Gasteiger partial charge in [-0.2, -0.15) is 13.2 Å². The summed E-state index contributed by atoms with van der Waals surface area (Å²) in [6, 6.07) is 8.73. The van der Waals surface area contributed by atoms with Gasteiger partial charge in [0, 0.05) is 10.6 Å². The van der Waals surface area contributed by atoms with Crippen LogP contribution in [0.15, 0.2) is 42.5 Å². The molecule has 0 aliphatic carbocycles. The zero-order chi connectivity index (χ0) is 20.7. The molecule has 1 aliphatic heterocycles. The van der Waals surface area contributed by atoms with E-state index in [0.29, 0.717) is 15.9 Å². The fraction of sp³-hybridized carbons (Fsp3) is 0.176. The van der Waals surface area contributed by atoms with E-state index >= 15 is 0 Å². The smallest absolute Gasteiger partial charge is 0.324 e. The van der Waals surface area contributed by atoms with Crippen molar-refractivity contribution in [3.63, 3.8) is 0 Å². The first-order chi connectivity index (χ1) is 13.0. The number of halogens is 4. The highest BCUT2D eigenvalue weighted by Crippen LogP contribution is 2.36. The summed E-state index contributed by atoms with van der Waals surface area (Å²) in [5.74, 6) is -2.50. The summed E-state index contributed by atoms with van der Waals surface area (Å²) in [7, 11) is -4.14. The van der Waals surface area contributed by atoms with Crippen LogP contribution in [0.2, 0.25) is 5.02 Å². The molecule has 0 saturated carbocycles. The largest absolute Gasteiger partial charge is 0.418 e. The molecule has 0 bridgehead atoms. The standard InChI is InChI=1S/C17H12ClF3N2O4S/c18-11-5-6-14(13(7-11)17(19,20)21)22-15(24)8-23-16(25)12-4-2-1-3-10(12)9-28(23,26)27/h1-7H,8-9H2,(H,22,24). The average molecular weight is 433 g/mol. The van der Waals surface area contributed by atoms with Gasteiger partial charge < -0.3 is 5.32 Å². The fourth-order valence-corrected chi connectivity index (χ4v) is 4.38. The molecule has 0 radical (unpaired) electrons. The molecule has 0 atom stereocenters. The van der Waals surface area contributed by atoms with Crippen molar-refractivity contribution in [2.24, 2.45) is 0 Å².